The van der Waals surface area contributed by atoms with Gasteiger partial charge in [0.25, 0.3) is 0 Å². The van der Waals surface area contributed by atoms with Crippen LogP contribution in [-0.4, -0.2) is 95.9 Å². The molecule has 0 aromatic heterocycles. The van der Waals surface area contributed by atoms with E-state index in [1.54, 1.807) is 0 Å². The van der Waals surface area contributed by atoms with Gasteiger partial charge in [0, 0.05) is 19.3 Å². The zero-order valence-electron chi connectivity index (χ0n) is 76.0. The summed E-state index contributed by atoms with van der Waals surface area (Å²) in [5.41, 5.74) is 0. The summed E-state index contributed by atoms with van der Waals surface area (Å²) in [4.78, 5) is 59.0. The second kappa shape index (κ2) is 92.9. The Hall–Kier alpha value is -4.31. The second-order valence-electron chi connectivity index (χ2n) is 32.5. The standard InChI is InChI=1S/C101H178O16P2/c1-4-7-10-13-16-19-22-25-28-30-32-34-36-38-40-42-44-46-47-49-51-52-54-56-58-60-62-64-67-69-72-75-78-81-84-87-99(104)111-90-96(102)91-113-118(107,108)114-92-97(103)93-115-119(109,110)116-95-98(117-101(106)89-86-83-80-77-74-71-66-27-24-21-18-15-12-9-6-3)94-112-100(105)88-85-82-79-76-73-70-68-65-63-61-59-57-55-53-50-48-45-43-41-39-37-35-33-31-29-26-23-20-17-14-11-8-5-2/h7,10,16-17,19-20,25-29,32-35,38-41,44,46,66,96-98,102-103H,4-6,8-9,11-15,18,21-24,30-31,36-37,42-43,45,47-65,67-95H2,1-3H3,(H,107,108)(H,109,110)/b10-7-,19-16-,20-17-,28-25-,29-26-,34-32-,35-33-,40-38-,41-39-,46-44-,66-27-. The van der Waals surface area contributed by atoms with Crippen molar-refractivity contribution in [2.24, 2.45) is 0 Å². The van der Waals surface area contributed by atoms with Gasteiger partial charge in [0.2, 0.25) is 0 Å². The first-order chi connectivity index (χ1) is 58.2. The lowest BCUT2D eigenvalue weighted by atomic mass is 10.0. The van der Waals surface area contributed by atoms with E-state index in [1.807, 2.05) is 0 Å². The van der Waals surface area contributed by atoms with Gasteiger partial charge in [-0.25, -0.2) is 9.13 Å². The van der Waals surface area contributed by atoms with E-state index in [9.17, 15) is 43.5 Å². The van der Waals surface area contributed by atoms with Crippen LogP contribution in [-0.2, 0) is 55.8 Å². The summed E-state index contributed by atoms with van der Waals surface area (Å²) in [5.74, 6) is -1.56. The summed E-state index contributed by atoms with van der Waals surface area (Å²) in [6.45, 7) is 2.60. The fraction of sp³-hybridized carbons (Fsp3) is 0.752. The highest BCUT2D eigenvalue weighted by atomic mass is 31.2. The van der Waals surface area contributed by atoms with E-state index < -0.39 is 91.5 Å². The SMILES string of the molecule is CC/C=C\C/C=C\C/C=C\C/C=C\C/C=C\C/C=C\CCCCCCCCCCCCCCCCCCC(=O)OCC(O)COP(=O)(O)OCC(O)COP(=O)(O)OCC(COC(=O)CCCCCCCCCCCCCCCCCCC/C=C\C/C=C\C/C=C\C/C=C\CCCCC)OC(=O)CCCCCCC/C=C\CCCCCCCC. The Balaban J connectivity index is 4.41. The van der Waals surface area contributed by atoms with Crippen LogP contribution in [0.5, 0.6) is 0 Å². The molecule has 18 heteroatoms. The van der Waals surface area contributed by atoms with E-state index >= 15 is 0 Å². The maximum absolute atomic E-state index is 13.0. The lowest BCUT2D eigenvalue weighted by molar-refractivity contribution is -0.161. The van der Waals surface area contributed by atoms with E-state index in [0.717, 1.165) is 135 Å². The molecule has 0 spiro atoms. The van der Waals surface area contributed by atoms with Crippen LogP contribution in [0.4, 0.5) is 0 Å². The monoisotopic (exact) mass is 1710 g/mol. The second-order valence-corrected chi connectivity index (χ2v) is 35.4. The van der Waals surface area contributed by atoms with Gasteiger partial charge < -0.3 is 34.2 Å². The van der Waals surface area contributed by atoms with Crippen molar-refractivity contribution in [1.29, 1.82) is 0 Å². The van der Waals surface area contributed by atoms with Crippen molar-refractivity contribution in [2.75, 3.05) is 39.6 Å². The highest BCUT2D eigenvalue weighted by molar-refractivity contribution is 7.47. The summed E-state index contributed by atoms with van der Waals surface area (Å²) < 4.78 is 61.5. The van der Waals surface area contributed by atoms with Crippen LogP contribution < -0.4 is 0 Å². The number of carbonyl (C=O) groups is 3. The molecule has 0 aliphatic rings. The van der Waals surface area contributed by atoms with Gasteiger partial charge in [-0.15, -0.1) is 0 Å². The molecule has 0 aliphatic heterocycles. The van der Waals surface area contributed by atoms with Gasteiger partial charge in [-0.3, -0.25) is 32.5 Å². The largest absolute Gasteiger partial charge is 0.472 e. The van der Waals surface area contributed by atoms with Gasteiger partial charge in [0.05, 0.1) is 26.4 Å². The summed E-state index contributed by atoms with van der Waals surface area (Å²) >= 11 is 0. The van der Waals surface area contributed by atoms with E-state index in [1.165, 1.54) is 238 Å². The minimum atomic E-state index is -4.94. The minimum absolute atomic E-state index is 0.0967. The van der Waals surface area contributed by atoms with Crippen LogP contribution in [0.2, 0.25) is 0 Å². The zero-order valence-corrected chi connectivity index (χ0v) is 77.8. The molecule has 0 bridgehead atoms. The molecule has 0 heterocycles. The number of hydrogen-bond acceptors (Lipinski definition) is 14. The Morgan fingerprint density at radius 3 is 0.731 bits per heavy atom. The molecule has 119 heavy (non-hydrogen) atoms. The molecule has 0 aromatic carbocycles. The number of phosphoric ester groups is 2. The molecule has 688 valence electrons. The maximum Gasteiger partial charge on any atom is 0.472 e. The first-order valence-corrected chi connectivity index (χ1v) is 51.5. The number of aliphatic hydroxyl groups excluding tert-OH is 2. The molecule has 0 aromatic rings. The smallest absolute Gasteiger partial charge is 0.463 e. The number of hydrogen-bond donors (Lipinski definition) is 4. The van der Waals surface area contributed by atoms with E-state index in [2.05, 4.69) is 154 Å². The molecule has 0 aliphatic carbocycles. The molecule has 5 unspecified atom stereocenters. The van der Waals surface area contributed by atoms with Crippen LogP contribution in [0.15, 0.2) is 134 Å². The fourth-order valence-corrected chi connectivity index (χ4v) is 15.1. The number of aliphatic hydroxyl groups is 2. The molecule has 16 nitrogen and oxygen atoms in total. The van der Waals surface area contributed by atoms with Crippen molar-refractivity contribution in [1.82, 2.24) is 0 Å². The normalized spacial score (nSPS) is 14.3. The van der Waals surface area contributed by atoms with Crippen LogP contribution in [0, 0.1) is 0 Å². The highest BCUT2D eigenvalue weighted by Gasteiger charge is 2.30. The maximum atomic E-state index is 13.0. The lowest BCUT2D eigenvalue weighted by Crippen LogP contribution is -2.30. The third-order valence-corrected chi connectivity index (χ3v) is 22.7. The van der Waals surface area contributed by atoms with Crippen molar-refractivity contribution < 1.29 is 75.8 Å². The van der Waals surface area contributed by atoms with Gasteiger partial charge in [0.15, 0.2) is 6.10 Å². The lowest BCUT2D eigenvalue weighted by Gasteiger charge is -2.21. The number of phosphoric acid groups is 2. The van der Waals surface area contributed by atoms with Crippen molar-refractivity contribution in [3.8, 4) is 0 Å². The predicted octanol–water partition coefficient (Wildman–Crippen LogP) is 30.1. The molecule has 0 radical (unpaired) electrons. The number of esters is 3. The molecule has 0 fully saturated rings. The van der Waals surface area contributed by atoms with Gasteiger partial charge >= 0.3 is 33.6 Å². The molecule has 0 saturated carbocycles. The minimum Gasteiger partial charge on any atom is -0.463 e. The van der Waals surface area contributed by atoms with Gasteiger partial charge in [-0.05, 0) is 141 Å². The van der Waals surface area contributed by atoms with E-state index in [0.29, 0.717) is 19.3 Å². The van der Waals surface area contributed by atoms with Gasteiger partial charge in [-0.2, -0.15) is 0 Å². The number of unbranched alkanes of at least 4 members (excludes halogenated alkanes) is 47. The van der Waals surface area contributed by atoms with Gasteiger partial charge in [-0.1, -0.05) is 405 Å². The predicted molar refractivity (Wildman–Crippen MR) is 500 cm³/mol. The molecule has 5 atom stereocenters. The molecule has 4 N–H and O–H groups in total. The van der Waals surface area contributed by atoms with E-state index in [-0.39, 0.29) is 19.3 Å². The van der Waals surface area contributed by atoms with E-state index in [4.69, 9.17) is 32.3 Å². The first-order valence-electron chi connectivity index (χ1n) is 48.5. The molecular formula is C101H178O16P2. The Labute approximate surface area is 728 Å². The van der Waals surface area contributed by atoms with Crippen LogP contribution in [0.25, 0.3) is 0 Å². The Morgan fingerprint density at radius 2 is 0.445 bits per heavy atom. The number of allylic oxidation sites excluding steroid dienone is 22. The third-order valence-electron chi connectivity index (χ3n) is 20.8. The quantitative estimate of drug-likeness (QED) is 0.0146. The Bertz CT molecular complexity index is 2690. The van der Waals surface area contributed by atoms with Crippen molar-refractivity contribution in [3.05, 3.63) is 134 Å². The van der Waals surface area contributed by atoms with Gasteiger partial charge in [0.1, 0.15) is 25.4 Å². The Morgan fingerprint density at radius 1 is 0.244 bits per heavy atom. The first kappa shape index (κ1) is 115. The summed E-state index contributed by atoms with van der Waals surface area (Å²) in [5, 5.41) is 20.7. The van der Waals surface area contributed by atoms with Crippen molar-refractivity contribution in [2.45, 2.75) is 450 Å². The number of carbonyl (C=O) groups excluding carboxylic acids is 3. The number of rotatable bonds is 92. The molecular weight excluding hydrogens is 1530 g/mol. The highest BCUT2D eigenvalue weighted by Crippen LogP contribution is 2.45. The van der Waals surface area contributed by atoms with Crippen LogP contribution >= 0.6 is 15.6 Å². The summed E-state index contributed by atoms with van der Waals surface area (Å²) in [7, 11) is -9.80. The average molecular weight is 1710 g/mol. The van der Waals surface area contributed by atoms with Crippen LogP contribution in [0.1, 0.15) is 432 Å². The van der Waals surface area contributed by atoms with Crippen molar-refractivity contribution >= 4 is 33.6 Å². The third kappa shape index (κ3) is 94.2. The van der Waals surface area contributed by atoms with Crippen LogP contribution in [0.3, 0.4) is 0 Å². The molecule has 0 rings (SSSR count). The molecule has 0 amide bonds. The van der Waals surface area contributed by atoms with Crippen molar-refractivity contribution in [3.63, 3.8) is 0 Å². The number of ether oxygens (including phenoxy) is 3. The topological polar surface area (TPSA) is 231 Å². The summed E-state index contributed by atoms with van der Waals surface area (Å²) in [6, 6.07) is 0. The fourth-order valence-electron chi connectivity index (χ4n) is 13.5. The zero-order chi connectivity index (χ0) is 86.5. The average Bonchev–Trinajstić information content (AvgIpc) is 0.898. The summed E-state index contributed by atoms with van der Waals surface area (Å²) in [6.07, 6.45) is 117. The molecule has 0 saturated heterocycles. The Kier molecular flexibility index (Phi) is 89.5.